The van der Waals surface area contributed by atoms with Crippen LogP contribution in [-0.4, -0.2) is 37.2 Å². The highest BCUT2D eigenvalue weighted by atomic mass is 19.4. The lowest BCUT2D eigenvalue weighted by atomic mass is 10.1. The van der Waals surface area contributed by atoms with Crippen LogP contribution >= 0.6 is 0 Å². The van der Waals surface area contributed by atoms with Gasteiger partial charge in [-0.2, -0.15) is 18.2 Å². The second kappa shape index (κ2) is 10.3. The number of pyridine rings is 1. The maximum absolute atomic E-state index is 13.3. The summed E-state index contributed by atoms with van der Waals surface area (Å²) in [5.74, 6) is -1.95. The van der Waals surface area contributed by atoms with Crippen molar-refractivity contribution in [2.24, 2.45) is 0 Å². The van der Waals surface area contributed by atoms with Crippen molar-refractivity contribution in [3.8, 4) is 11.3 Å². The number of hydrogen-bond donors (Lipinski definition) is 4. The lowest BCUT2D eigenvalue weighted by Crippen LogP contribution is -2.30. The SMILES string of the molecule is CC[C@@H](Nc1nc(NCc2ccc(-c3cccc(CO)n3)cc2)ncc1C(F)(F)F)C(=O)O. The Morgan fingerprint density at radius 3 is 2.45 bits per heavy atom. The number of nitrogens with zero attached hydrogens (tertiary/aromatic N) is 3. The number of carbonyl (C=O) groups is 1. The summed E-state index contributed by atoms with van der Waals surface area (Å²) in [6.07, 6.45) is -4.05. The third kappa shape index (κ3) is 6.16. The molecular formula is C22H22F3N5O3. The minimum Gasteiger partial charge on any atom is -0.480 e. The van der Waals surface area contributed by atoms with Gasteiger partial charge in [-0.1, -0.05) is 37.3 Å². The number of aliphatic carboxylic acids is 1. The molecule has 11 heteroatoms. The Bertz CT molecular complexity index is 1110. The molecule has 3 aromatic rings. The van der Waals surface area contributed by atoms with E-state index in [1.807, 2.05) is 30.3 Å². The Hall–Kier alpha value is -3.73. The minimum absolute atomic E-state index is 0.0712. The van der Waals surface area contributed by atoms with E-state index in [9.17, 15) is 23.1 Å². The first-order valence-electron chi connectivity index (χ1n) is 10.0. The fraction of sp³-hybridized carbons (Fsp3) is 0.273. The number of aliphatic hydroxyl groups excluding tert-OH is 1. The molecule has 2 aromatic heterocycles. The zero-order valence-corrected chi connectivity index (χ0v) is 17.6. The topological polar surface area (TPSA) is 120 Å². The zero-order valence-electron chi connectivity index (χ0n) is 17.6. The van der Waals surface area contributed by atoms with Crippen molar-refractivity contribution in [2.45, 2.75) is 38.7 Å². The molecule has 0 spiro atoms. The smallest absolute Gasteiger partial charge is 0.421 e. The van der Waals surface area contributed by atoms with E-state index < -0.39 is 29.6 Å². The average molecular weight is 461 g/mol. The van der Waals surface area contributed by atoms with Gasteiger partial charge < -0.3 is 20.8 Å². The maximum Gasteiger partial charge on any atom is 0.421 e. The predicted octanol–water partition coefficient (Wildman–Crippen LogP) is 3.94. The number of benzene rings is 1. The third-order valence-corrected chi connectivity index (χ3v) is 4.78. The summed E-state index contributed by atoms with van der Waals surface area (Å²) < 4.78 is 39.9. The summed E-state index contributed by atoms with van der Waals surface area (Å²) in [6, 6.07) is 11.4. The van der Waals surface area contributed by atoms with Crippen LogP contribution in [0.5, 0.6) is 0 Å². The molecule has 33 heavy (non-hydrogen) atoms. The molecule has 2 heterocycles. The summed E-state index contributed by atoms with van der Waals surface area (Å²) >= 11 is 0. The number of aromatic nitrogens is 3. The summed E-state index contributed by atoms with van der Waals surface area (Å²) in [5, 5.41) is 23.6. The zero-order chi connectivity index (χ0) is 24.0. The number of carboxylic acid groups (broad SMARTS) is 1. The Morgan fingerprint density at radius 2 is 1.85 bits per heavy atom. The van der Waals surface area contributed by atoms with Gasteiger partial charge in [-0.05, 0) is 24.1 Å². The van der Waals surface area contributed by atoms with E-state index in [1.54, 1.807) is 19.1 Å². The van der Waals surface area contributed by atoms with Crippen molar-refractivity contribution in [1.82, 2.24) is 15.0 Å². The summed E-state index contributed by atoms with van der Waals surface area (Å²) in [5.41, 5.74) is 1.76. The highest BCUT2D eigenvalue weighted by molar-refractivity contribution is 5.77. The molecule has 0 saturated carbocycles. The molecule has 0 bridgehead atoms. The van der Waals surface area contributed by atoms with E-state index in [0.29, 0.717) is 17.6 Å². The number of rotatable bonds is 9. The van der Waals surface area contributed by atoms with Crippen molar-refractivity contribution in [2.75, 3.05) is 10.6 Å². The fourth-order valence-electron chi connectivity index (χ4n) is 2.99. The average Bonchev–Trinajstić information content (AvgIpc) is 2.80. The van der Waals surface area contributed by atoms with Crippen molar-refractivity contribution >= 4 is 17.7 Å². The van der Waals surface area contributed by atoms with Gasteiger partial charge in [0.25, 0.3) is 0 Å². The van der Waals surface area contributed by atoms with E-state index in [-0.39, 0.29) is 25.5 Å². The van der Waals surface area contributed by atoms with E-state index in [1.165, 1.54) is 0 Å². The number of alkyl halides is 3. The van der Waals surface area contributed by atoms with Crippen LogP contribution in [0.2, 0.25) is 0 Å². The van der Waals surface area contributed by atoms with Crippen LogP contribution in [0.15, 0.2) is 48.7 Å². The van der Waals surface area contributed by atoms with Crippen LogP contribution < -0.4 is 10.6 Å². The van der Waals surface area contributed by atoms with Crippen molar-refractivity contribution in [3.63, 3.8) is 0 Å². The normalized spacial score (nSPS) is 12.3. The molecule has 0 aliphatic heterocycles. The molecule has 0 aliphatic carbocycles. The predicted molar refractivity (Wildman–Crippen MR) is 115 cm³/mol. The highest BCUT2D eigenvalue weighted by Crippen LogP contribution is 2.34. The second-order valence-electron chi connectivity index (χ2n) is 7.12. The van der Waals surface area contributed by atoms with Crippen molar-refractivity contribution in [3.05, 3.63) is 65.5 Å². The van der Waals surface area contributed by atoms with Gasteiger partial charge in [0.2, 0.25) is 5.95 Å². The molecule has 0 unspecified atom stereocenters. The molecule has 8 nitrogen and oxygen atoms in total. The monoisotopic (exact) mass is 461 g/mol. The van der Waals surface area contributed by atoms with Crippen molar-refractivity contribution < 1.29 is 28.2 Å². The van der Waals surface area contributed by atoms with Crippen molar-refractivity contribution in [1.29, 1.82) is 0 Å². The van der Waals surface area contributed by atoms with E-state index >= 15 is 0 Å². The van der Waals surface area contributed by atoms with E-state index in [4.69, 9.17) is 5.11 Å². The summed E-state index contributed by atoms with van der Waals surface area (Å²) in [7, 11) is 0. The number of hydrogen-bond acceptors (Lipinski definition) is 7. The van der Waals surface area contributed by atoms with Gasteiger partial charge in [0.15, 0.2) is 0 Å². The van der Waals surface area contributed by atoms with Crippen LogP contribution in [0.25, 0.3) is 11.3 Å². The Labute approximate surface area is 187 Å². The van der Waals surface area contributed by atoms with Gasteiger partial charge >= 0.3 is 12.1 Å². The van der Waals surface area contributed by atoms with Gasteiger partial charge in [-0.3, -0.25) is 4.98 Å². The van der Waals surface area contributed by atoms with E-state index in [2.05, 4.69) is 25.6 Å². The van der Waals surface area contributed by atoms with E-state index in [0.717, 1.165) is 11.1 Å². The molecule has 0 aliphatic rings. The minimum atomic E-state index is -4.74. The molecular weight excluding hydrogens is 439 g/mol. The molecule has 1 aromatic carbocycles. The van der Waals surface area contributed by atoms with Gasteiger partial charge in [-0.25, -0.2) is 9.78 Å². The molecule has 0 amide bonds. The Balaban J connectivity index is 1.75. The van der Waals surface area contributed by atoms with Crippen LogP contribution in [0.3, 0.4) is 0 Å². The Morgan fingerprint density at radius 1 is 1.12 bits per heavy atom. The lowest BCUT2D eigenvalue weighted by molar-refractivity contribution is -0.139. The van der Waals surface area contributed by atoms with Gasteiger partial charge in [0.05, 0.1) is 18.0 Å². The number of aliphatic hydroxyl groups is 1. The number of halogens is 3. The van der Waals surface area contributed by atoms with Crippen LogP contribution in [0.1, 0.15) is 30.2 Å². The fourth-order valence-corrected chi connectivity index (χ4v) is 2.99. The number of carboxylic acids is 1. The quantitative estimate of drug-likeness (QED) is 0.378. The maximum atomic E-state index is 13.3. The van der Waals surface area contributed by atoms with Gasteiger partial charge in [-0.15, -0.1) is 0 Å². The molecule has 174 valence electrons. The largest absolute Gasteiger partial charge is 0.480 e. The van der Waals surface area contributed by atoms with Gasteiger partial charge in [0.1, 0.15) is 17.4 Å². The second-order valence-corrected chi connectivity index (χ2v) is 7.12. The molecule has 4 N–H and O–H groups in total. The van der Waals surface area contributed by atoms with Crippen LogP contribution in [0, 0.1) is 0 Å². The third-order valence-electron chi connectivity index (χ3n) is 4.78. The lowest BCUT2D eigenvalue weighted by Gasteiger charge is -2.18. The summed E-state index contributed by atoms with van der Waals surface area (Å²) in [6.45, 7) is 1.61. The standard InChI is InChI=1S/C22H22F3N5O3/c1-2-17(20(32)33)29-19-16(22(23,24)25)11-27-21(30-19)26-10-13-6-8-14(9-7-13)18-5-3-4-15(12-31)28-18/h3-9,11,17,31H,2,10,12H2,1H3,(H,32,33)(H2,26,27,29,30)/t17-/m1/s1. The molecule has 0 saturated heterocycles. The molecule has 0 radical (unpaired) electrons. The van der Waals surface area contributed by atoms with Gasteiger partial charge in [0, 0.05) is 18.3 Å². The van der Waals surface area contributed by atoms with Crippen LogP contribution in [-0.2, 0) is 24.1 Å². The number of nitrogens with one attached hydrogen (secondary N) is 2. The highest BCUT2D eigenvalue weighted by Gasteiger charge is 2.36. The first kappa shape index (κ1) is 23.9. The molecule has 1 atom stereocenters. The number of anilines is 2. The summed E-state index contributed by atoms with van der Waals surface area (Å²) in [4.78, 5) is 23.2. The molecule has 0 fully saturated rings. The molecule has 3 rings (SSSR count). The van der Waals surface area contributed by atoms with Crippen LogP contribution in [0.4, 0.5) is 24.9 Å². The Kier molecular flexibility index (Phi) is 7.44. The first-order valence-corrected chi connectivity index (χ1v) is 10.0. The first-order chi connectivity index (χ1) is 15.7.